The van der Waals surface area contributed by atoms with Gasteiger partial charge in [0.25, 0.3) is 5.91 Å². The van der Waals surface area contributed by atoms with Gasteiger partial charge in [0.05, 0.1) is 17.8 Å². The lowest BCUT2D eigenvalue weighted by molar-refractivity contribution is 0.0746. The van der Waals surface area contributed by atoms with Crippen LogP contribution in [0.15, 0.2) is 47.8 Å². The first-order valence-electron chi connectivity index (χ1n) is 9.15. The Morgan fingerprint density at radius 1 is 1.18 bits per heavy atom. The van der Waals surface area contributed by atoms with Crippen LogP contribution in [0.1, 0.15) is 39.1 Å². The molecule has 3 aromatic rings. The number of hydrogen-bond acceptors (Lipinski definition) is 4. The summed E-state index contributed by atoms with van der Waals surface area (Å²) in [5.41, 5.74) is 3.16. The van der Waals surface area contributed by atoms with Gasteiger partial charge in [-0.25, -0.2) is 9.37 Å². The molecule has 2 aromatic carbocycles. The van der Waals surface area contributed by atoms with Crippen molar-refractivity contribution >= 4 is 17.2 Å². The monoisotopic (exact) mass is 398 g/mol. The predicted molar refractivity (Wildman–Crippen MR) is 109 cm³/mol. The van der Waals surface area contributed by atoms with Crippen molar-refractivity contribution in [1.82, 2.24) is 9.88 Å². The van der Waals surface area contributed by atoms with Crippen LogP contribution in [0.25, 0.3) is 0 Å². The molecule has 0 radical (unpaired) electrons. The third-order valence-electron chi connectivity index (χ3n) is 4.63. The fourth-order valence-electron chi connectivity index (χ4n) is 2.84. The second-order valence-corrected chi connectivity index (χ2v) is 7.46. The molecule has 0 unspecified atom stereocenters. The van der Waals surface area contributed by atoms with Gasteiger partial charge >= 0.3 is 0 Å². The van der Waals surface area contributed by atoms with Gasteiger partial charge in [0.2, 0.25) is 0 Å². The largest absolute Gasteiger partial charge is 0.486 e. The second kappa shape index (κ2) is 8.97. The number of ether oxygens (including phenoxy) is 1. The molecule has 1 aromatic heterocycles. The van der Waals surface area contributed by atoms with Crippen LogP contribution in [0.3, 0.4) is 0 Å². The van der Waals surface area contributed by atoms with Crippen LogP contribution in [0.4, 0.5) is 4.39 Å². The van der Waals surface area contributed by atoms with Crippen molar-refractivity contribution in [3.8, 4) is 5.75 Å². The maximum absolute atomic E-state index is 13.9. The number of benzene rings is 2. The van der Waals surface area contributed by atoms with E-state index in [4.69, 9.17) is 4.74 Å². The van der Waals surface area contributed by atoms with Crippen LogP contribution in [0.2, 0.25) is 0 Å². The number of amides is 1. The van der Waals surface area contributed by atoms with E-state index in [1.807, 2.05) is 31.4 Å². The second-order valence-electron chi connectivity index (χ2n) is 6.52. The molecule has 0 spiro atoms. The quantitative estimate of drug-likeness (QED) is 0.553. The number of thiazole rings is 1. The Kier molecular flexibility index (Phi) is 6.41. The zero-order valence-electron chi connectivity index (χ0n) is 16.2. The van der Waals surface area contributed by atoms with Gasteiger partial charge in [-0.2, -0.15) is 0 Å². The Labute approximate surface area is 168 Å². The van der Waals surface area contributed by atoms with Crippen molar-refractivity contribution in [2.45, 2.75) is 33.9 Å². The summed E-state index contributed by atoms with van der Waals surface area (Å²) in [6.07, 6.45) is 0. The van der Waals surface area contributed by atoms with Crippen LogP contribution in [0.5, 0.6) is 5.75 Å². The van der Waals surface area contributed by atoms with E-state index < -0.39 is 5.82 Å². The summed E-state index contributed by atoms with van der Waals surface area (Å²) in [7, 11) is 0. The lowest BCUT2D eigenvalue weighted by Gasteiger charge is -2.20. The molecular weight excluding hydrogens is 375 g/mol. The highest BCUT2D eigenvalue weighted by atomic mass is 32.1. The molecule has 0 aliphatic rings. The van der Waals surface area contributed by atoms with Crippen molar-refractivity contribution in [3.63, 3.8) is 0 Å². The molecular formula is C22H23FN2O2S. The van der Waals surface area contributed by atoms with E-state index in [-0.39, 0.29) is 11.5 Å². The number of halogens is 1. The summed E-state index contributed by atoms with van der Waals surface area (Å²) in [4.78, 5) is 18.8. The van der Waals surface area contributed by atoms with Crippen LogP contribution in [0, 0.1) is 19.7 Å². The zero-order valence-corrected chi connectivity index (χ0v) is 17.1. The number of aromatic nitrogens is 1. The molecule has 0 atom stereocenters. The fraction of sp³-hybridized carbons (Fsp3) is 0.273. The SMILES string of the molecule is CCN(Cc1csc(COc2cccc(C)c2C)n1)C(=O)c1ccccc1F. The third-order valence-corrected chi connectivity index (χ3v) is 5.50. The summed E-state index contributed by atoms with van der Waals surface area (Å²) in [6.45, 7) is 7.14. The third kappa shape index (κ3) is 4.57. The molecule has 28 heavy (non-hydrogen) atoms. The van der Waals surface area contributed by atoms with Gasteiger partial charge in [0.1, 0.15) is 23.2 Å². The van der Waals surface area contributed by atoms with Crippen molar-refractivity contribution in [2.75, 3.05) is 6.54 Å². The molecule has 4 nitrogen and oxygen atoms in total. The van der Waals surface area contributed by atoms with E-state index in [1.54, 1.807) is 17.0 Å². The molecule has 0 aliphatic heterocycles. The maximum atomic E-state index is 13.9. The molecule has 1 heterocycles. The minimum Gasteiger partial charge on any atom is -0.486 e. The van der Waals surface area contributed by atoms with E-state index in [0.717, 1.165) is 22.0 Å². The highest BCUT2D eigenvalue weighted by Gasteiger charge is 2.19. The number of rotatable bonds is 7. The van der Waals surface area contributed by atoms with Crippen LogP contribution >= 0.6 is 11.3 Å². The average molecular weight is 399 g/mol. The van der Waals surface area contributed by atoms with Crippen LogP contribution < -0.4 is 4.74 Å². The molecule has 0 bridgehead atoms. The summed E-state index contributed by atoms with van der Waals surface area (Å²) in [6, 6.07) is 12.0. The minimum absolute atomic E-state index is 0.0815. The normalized spacial score (nSPS) is 10.7. The lowest BCUT2D eigenvalue weighted by atomic mass is 10.1. The summed E-state index contributed by atoms with van der Waals surface area (Å²) in [5.74, 6) is 0.00953. The Morgan fingerprint density at radius 3 is 2.71 bits per heavy atom. The Hall–Kier alpha value is -2.73. The first kappa shape index (κ1) is 20.0. The van der Waals surface area contributed by atoms with E-state index in [9.17, 15) is 9.18 Å². The Bertz CT molecular complexity index is 971. The average Bonchev–Trinajstić information content (AvgIpc) is 3.14. The molecule has 1 amide bonds. The number of nitrogens with zero attached hydrogens (tertiary/aromatic N) is 2. The lowest BCUT2D eigenvalue weighted by Crippen LogP contribution is -2.31. The van der Waals surface area contributed by atoms with Gasteiger partial charge < -0.3 is 9.64 Å². The van der Waals surface area contributed by atoms with Crippen molar-refractivity contribution in [1.29, 1.82) is 0 Å². The number of carbonyl (C=O) groups excluding carboxylic acids is 1. The molecule has 146 valence electrons. The van der Waals surface area contributed by atoms with Gasteiger partial charge in [-0.3, -0.25) is 4.79 Å². The van der Waals surface area contributed by atoms with E-state index in [0.29, 0.717) is 19.7 Å². The van der Waals surface area contributed by atoms with Gasteiger partial charge in [0, 0.05) is 11.9 Å². The zero-order chi connectivity index (χ0) is 20.1. The summed E-state index contributed by atoms with van der Waals surface area (Å²) < 4.78 is 19.8. The van der Waals surface area contributed by atoms with E-state index in [1.165, 1.54) is 29.0 Å². The van der Waals surface area contributed by atoms with E-state index in [2.05, 4.69) is 18.0 Å². The molecule has 6 heteroatoms. The highest BCUT2D eigenvalue weighted by Crippen LogP contribution is 2.23. The maximum Gasteiger partial charge on any atom is 0.257 e. The Balaban J connectivity index is 1.65. The minimum atomic E-state index is -0.508. The highest BCUT2D eigenvalue weighted by molar-refractivity contribution is 7.09. The Morgan fingerprint density at radius 2 is 1.96 bits per heavy atom. The standard InChI is InChI=1S/C22H23FN2O2S/c1-4-25(22(26)18-9-5-6-10-19(18)23)12-17-14-28-21(24-17)13-27-20-11-7-8-15(2)16(20)3/h5-11,14H,4,12-13H2,1-3H3. The van der Waals surface area contributed by atoms with Crippen molar-refractivity contribution in [3.05, 3.63) is 81.1 Å². The molecule has 0 saturated heterocycles. The van der Waals surface area contributed by atoms with Gasteiger partial charge in [0.15, 0.2) is 0 Å². The number of hydrogen-bond donors (Lipinski definition) is 0. The smallest absolute Gasteiger partial charge is 0.257 e. The molecule has 0 aliphatic carbocycles. The van der Waals surface area contributed by atoms with Crippen LogP contribution in [-0.2, 0) is 13.2 Å². The summed E-state index contributed by atoms with van der Waals surface area (Å²) >= 11 is 1.49. The first-order chi connectivity index (χ1) is 13.5. The molecule has 0 fully saturated rings. The number of aryl methyl sites for hydroxylation is 1. The fourth-order valence-corrected chi connectivity index (χ4v) is 3.53. The van der Waals surface area contributed by atoms with E-state index >= 15 is 0 Å². The van der Waals surface area contributed by atoms with Gasteiger partial charge in [-0.1, -0.05) is 24.3 Å². The van der Waals surface area contributed by atoms with Crippen molar-refractivity contribution < 1.29 is 13.9 Å². The predicted octanol–water partition coefficient (Wildman–Crippen LogP) is 5.14. The molecule has 3 rings (SSSR count). The molecule has 0 N–H and O–H groups in total. The van der Waals surface area contributed by atoms with Crippen molar-refractivity contribution in [2.24, 2.45) is 0 Å². The molecule has 0 saturated carbocycles. The van der Waals surface area contributed by atoms with Crippen LogP contribution in [-0.4, -0.2) is 22.3 Å². The summed E-state index contributed by atoms with van der Waals surface area (Å²) in [5, 5.41) is 2.75. The first-order valence-corrected chi connectivity index (χ1v) is 10.0. The topological polar surface area (TPSA) is 42.4 Å². The van der Waals surface area contributed by atoms with Gasteiger partial charge in [-0.15, -0.1) is 11.3 Å². The van der Waals surface area contributed by atoms with Gasteiger partial charge in [-0.05, 0) is 50.1 Å². The number of carbonyl (C=O) groups is 1.